The number of hydrogen-bond acceptors (Lipinski definition) is 6. The van der Waals surface area contributed by atoms with E-state index in [1.54, 1.807) is 11.3 Å². The lowest BCUT2D eigenvalue weighted by atomic mass is 10.1. The molecule has 6 nitrogen and oxygen atoms in total. The Morgan fingerprint density at radius 1 is 1.10 bits per heavy atom. The van der Waals surface area contributed by atoms with Crippen LogP contribution in [0.5, 0.6) is 0 Å². The summed E-state index contributed by atoms with van der Waals surface area (Å²) in [5, 5.41) is 14.7. The molecule has 3 aromatic rings. The molecule has 1 saturated heterocycles. The van der Waals surface area contributed by atoms with Crippen molar-refractivity contribution in [3.63, 3.8) is 0 Å². The Hall–Kier alpha value is -2.69. The van der Waals surface area contributed by atoms with Crippen LogP contribution >= 0.6 is 11.3 Å². The van der Waals surface area contributed by atoms with E-state index >= 15 is 0 Å². The van der Waals surface area contributed by atoms with E-state index in [2.05, 4.69) is 26.9 Å². The first-order valence-corrected chi connectivity index (χ1v) is 11.1. The fraction of sp³-hybridized carbons (Fsp3) is 0.409. The highest BCUT2D eigenvalue weighted by atomic mass is 32.1. The smallest absolute Gasteiger partial charge is 0.186 e. The van der Waals surface area contributed by atoms with E-state index < -0.39 is 0 Å². The van der Waals surface area contributed by atoms with Gasteiger partial charge >= 0.3 is 0 Å². The van der Waals surface area contributed by atoms with Crippen molar-refractivity contribution in [2.24, 2.45) is 11.7 Å². The Bertz CT molecular complexity index is 1030. The Morgan fingerprint density at radius 2 is 1.86 bits per heavy atom. The summed E-state index contributed by atoms with van der Waals surface area (Å²) in [6.07, 6.45) is 8.73. The summed E-state index contributed by atoms with van der Waals surface area (Å²) >= 11 is 1.73. The lowest BCUT2D eigenvalue weighted by Crippen LogP contribution is -2.39. The molecule has 1 aliphatic carbocycles. The lowest BCUT2D eigenvalue weighted by molar-refractivity contribution is 0.501. The summed E-state index contributed by atoms with van der Waals surface area (Å²) in [5.74, 6) is 0.787. The summed E-state index contributed by atoms with van der Waals surface area (Å²) in [6.45, 7) is 2.89. The Balaban J connectivity index is 1.51. The van der Waals surface area contributed by atoms with E-state index in [4.69, 9.17) is 16.0 Å². The van der Waals surface area contributed by atoms with Crippen LogP contribution in [0.25, 0.3) is 21.7 Å². The first-order valence-electron chi connectivity index (χ1n) is 10.2. The fourth-order valence-electron chi connectivity index (χ4n) is 3.77. The van der Waals surface area contributed by atoms with Crippen molar-refractivity contribution in [3.8, 4) is 27.8 Å². The molecule has 2 fully saturated rings. The molecule has 7 heteroatoms. The number of rotatable bonds is 5. The molecule has 3 heterocycles. The second-order valence-electron chi connectivity index (χ2n) is 8.08. The molecule has 0 atom stereocenters. The molecule has 1 aromatic carbocycles. The van der Waals surface area contributed by atoms with Gasteiger partial charge in [0.15, 0.2) is 5.13 Å². The minimum atomic E-state index is 0.296. The van der Waals surface area contributed by atoms with Crippen LogP contribution in [0.3, 0.4) is 0 Å². The van der Waals surface area contributed by atoms with Gasteiger partial charge in [-0.1, -0.05) is 23.5 Å². The lowest BCUT2D eigenvalue weighted by Gasteiger charge is -2.29. The van der Waals surface area contributed by atoms with Gasteiger partial charge in [-0.2, -0.15) is 10.4 Å². The number of thiazole rings is 1. The minimum Gasteiger partial charge on any atom is -0.348 e. The number of aromatic nitrogens is 3. The maximum absolute atomic E-state index is 9.12. The predicted molar refractivity (Wildman–Crippen MR) is 116 cm³/mol. The van der Waals surface area contributed by atoms with Gasteiger partial charge in [-0.15, -0.1) is 0 Å². The zero-order chi connectivity index (χ0) is 19.8. The third kappa shape index (κ3) is 3.91. The van der Waals surface area contributed by atoms with Crippen molar-refractivity contribution < 1.29 is 0 Å². The molecular formula is C22H24N6S. The molecule has 148 valence electrons. The van der Waals surface area contributed by atoms with Crippen LogP contribution in [-0.2, 0) is 6.54 Å². The van der Waals surface area contributed by atoms with Gasteiger partial charge in [0, 0.05) is 43.0 Å². The van der Waals surface area contributed by atoms with E-state index in [1.165, 1.54) is 12.8 Å². The van der Waals surface area contributed by atoms with Crippen LogP contribution in [0.4, 0.5) is 5.13 Å². The highest BCUT2D eigenvalue weighted by Crippen LogP contribution is 2.41. The van der Waals surface area contributed by atoms with Gasteiger partial charge in [0.1, 0.15) is 0 Å². The van der Waals surface area contributed by atoms with Crippen LogP contribution < -0.4 is 10.6 Å². The monoisotopic (exact) mass is 404 g/mol. The summed E-state index contributed by atoms with van der Waals surface area (Å²) in [5.41, 5.74) is 9.86. The summed E-state index contributed by atoms with van der Waals surface area (Å²) < 4.78 is 2.06. The van der Waals surface area contributed by atoms with Crippen molar-refractivity contribution in [1.29, 1.82) is 5.26 Å². The molecule has 0 bridgehead atoms. The average molecular weight is 405 g/mol. The highest BCUT2D eigenvalue weighted by Gasteiger charge is 2.25. The SMILES string of the molecule is N#Cc1ccc(-c2nc(N3CCC(N)CC3)sc2-c2cnn(CC3CC3)c2)cc1. The maximum atomic E-state index is 9.12. The Labute approximate surface area is 174 Å². The van der Waals surface area contributed by atoms with E-state index in [-0.39, 0.29) is 0 Å². The number of hydrogen-bond donors (Lipinski definition) is 1. The predicted octanol–water partition coefficient (Wildman–Crippen LogP) is 3.88. The van der Waals surface area contributed by atoms with Crippen LogP contribution in [0.15, 0.2) is 36.7 Å². The van der Waals surface area contributed by atoms with Crippen molar-refractivity contribution in [2.45, 2.75) is 38.3 Å². The molecule has 0 unspecified atom stereocenters. The first-order chi connectivity index (χ1) is 14.2. The molecule has 2 aliphatic rings. The Kier molecular flexibility index (Phi) is 4.82. The molecule has 0 radical (unpaired) electrons. The molecule has 0 amide bonds. The highest BCUT2D eigenvalue weighted by molar-refractivity contribution is 7.19. The van der Waals surface area contributed by atoms with E-state index in [0.29, 0.717) is 11.6 Å². The molecule has 5 rings (SSSR count). The zero-order valence-corrected chi connectivity index (χ0v) is 17.1. The van der Waals surface area contributed by atoms with Crippen LogP contribution in [0.2, 0.25) is 0 Å². The van der Waals surface area contributed by atoms with E-state index in [0.717, 1.165) is 65.2 Å². The van der Waals surface area contributed by atoms with E-state index in [1.807, 2.05) is 30.5 Å². The van der Waals surface area contributed by atoms with Gasteiger partial charge in [0.05, 0.1) is 28.4 Å². The maximum Gasteiger partial charge on any atom is 0.186 e. The van der Waals surface area contributed by atoms with Gasteiger partial charge in [0.2, 0.25) is 0 Å². The molecule has 2 aromatic heterocycles. The largest absolute Gasteiger partial charge is 0.348 e. The third-order valence-corrected chi connectivity index (χ3v) is 6.92. The van der Waals surface area contributed by atoms with Gasteiger partial charge in [-0.3, -0.25) is 4.68 Å². The Morgan fingerprint density at radius 3 is 2.55 bits per heavy atom. The second-order valence-corrected chi connectivity index (χ2v) is 9.06. The van der Waals surface area contributed by atoms with Crippen molar-refractivity contribution in [1.82, 2.24) is 14.8 Å². The zero-order valence-electron chi connectivity index (χ0n) is 16.3. The molecule has 1 saturated carbocycles. The van der Waals surface area contributed by atoms with Crippen molar-refractivity contribution in [2.75, 3.05) is 18.0 Å². The molecule has 1 aliphatic heterocycles. The fourth-order valence-corrected chi connectivity index (χ4v) is 4.89. The number of nitriles is 1. The second kappa shape index (κ2) is 7.62. The number of nitrogens with two attached hydrogens (primary N) is 1. The van der Waals surface area contributed by atoms with Crippen LogP contribution in [-0.4, -0.2) is 33.9 Å². The normalized spacial score (nSPS) is 17.4. The number of piperidine rings is 1. The number of benzene rings is 1. The number of nitrogens with zero attached hydrogens (tertiary/aromatic N) is 5. The van der Waals surface area contributed by atoms with Crippen LogP contribution in [0, 0.1) is 17.2 Å². The quantitative estimate of drug-likeness (QED) is 0.698. The van der Waals surface area contributed by atoms with Gasteiger partial charge in [-0.25, -0.2) is 4.98 Å². The van der Waals surface area contributed by atoms with Crippen molar-refractivity contribution >= 4 is 16.5 Å². The van der Waals surface area contributed by atoms with Gasteiger partial charge < -0.3 is 10.6 Å². The minimum absolute atomic E-state index is 0.296. The third-order valence-electron chi connectivity index (χ3n) is 5.75. The van der Waals surface area contributed by atoms with Crippen LogP contribution in [0.1, 0.15) is 31.2 Å². The molecule has 29 heavy (non-hydrogen) atoms. The van der Waals surface area contributed by atoms with Crippen molar-refractivity contribution in [3.05, 3.63) is 42.2 Å². The molecule has 2 N–H and O–H groups in total. The molecular weight excluding hydrogens is 380 g/mol. The summed E-state index contributed by atoms with van der Waals surface area (Å²) in [6, 6.07) is 10.2. The summed E-state index contributed by atoms with van der Waals surface area (Å²) in [7, 11) is 0. The number of anilines is 1. The van der Waals surface area contributed by atoms with E-state index in [9.17, 15) is 0 Å². The first kappa shape index (κ1) is 18.3. The molecule has 0 spiro atoms. The topological polar surface area (TPSA) is 83.8 Å². The standard InChI is InChI=1S/C22H24N6S/c23-11-15-3-5-17(6-4-15)20-21(18-12-25-28(14-18)13-16-1-2-16)29-22(26-20)27-9-7-19(24)8-10-27/h3-6,12,14,16,19H,1-2,7-10,13,24H2. The van der Waals surface area contributed by atoms with Gasteiger partial charge in [0.25, 0.3) is 0 Å². The van der Waals surface area contributed by atoms with Gasteiger partial charge in [-0.05, 0) is 43.7 Å². The summed E-state index contributed by atoms with van der Waals surface area (Å²) in [4.78, 5) is 8.51. The average Bonchev–Trinajstić information content (AvgIpc) is 3.25.